The molecule has 0 amide bonds. The number of hydrogen-bond donors (Lipinski definition) is 2. The fourth-order valence-electron chi connectivity index (χ4n) is 2.66. The van der Waals surface area contributed by atoms with Gasteiger partial charge in [-0.1, -0.05) is 22.0 Å². The van der Waals surface area contributed by atoms with E-state index in [1.165, 1.54) is 24.0 Å². The summed E-state index contributed by atoms with van der Waals surface area (Å²) in [6, 6.07) is 7.08. The minimum atomic E-state index is 0.360. The molecule has 2 rings (SSSR count). The van der Waals surface area contributed by atoms with Crippen LogP contribution in [0.5, 0.6) is 0 Å². The molecule has 1 aliphatic rings. The maximum atomic E-state index is 9.12. The maximum Gasteiger partial charge on any atom is 0.0459 e. The van der Waals surface area contributed by atoms with E-state index in [0.717, 1.165) is 23.9 Å². The molecule has 100 valence electrons. The Morgan fingerprint density at radius 1 is 1.28 bits per heavy atom. The molecule has 3 heteroatoms. The van der Waals surface area contributed by atoms with Crippen molar-refractivity contribution in [1.29, 1.82) is 0 Å². The third kappa shape index (κ3) is 3.81. The second-order valence-electron chi connectivity index (χ2n) is 5.35. The van der Waals surface area contributed by atoms with Gasteiger partial charge in [0.15, 0.2) is 0 Å². The molecule has 0 aromatic heterocycles. The summed E-state index contributed by atoms with van der Waals surface area (Å²) < 4.78 is 1.15. The summed E-state index contributed by atoms with van der Waals surface area (Å²) in [5.74, 6) is 0.539. The van der Waals surface area contributed by atoms with Crippen molar-refractivity contribution in [3.63, 3.8) is 0 Å². The van der Waals surface area contributed by atoms with Crippen molar-refractivity contribution in [3.05, 3.63) is 33.8 Å². The van der Waals surface area contributed by atoms with Crippen molar-refractivity contribution >= 4 is 15.9 Å². The van der Waals surface area contributed by atoms with Crippen LogP contribution in [0.3, 0.4) is 0 Å². The minimum Gasteiger partial charge on any atom is -0.396 e. The SMILES string of the molecule is Cc1cc(Br)ccc1CNC1CCC(CO)CC1. The molecule has 0 unspecified atom stereocenters. The Morgan fingerprint density at radius 3 is 2.61 bits per heavy atom. The van der Waals surface area contributed by atoms with Crippen LogP contribution in [0, 0.1) is 12.8 Å². The van der Waals surface area contributed by atoms with Crippen LogP contribution in [0.15, 0.2) is 22.7 Å². The highest BCUT2D eigenvalue weighted by Gasteiger charge is 2.19. The summed E-state index contributed by atoms with van der Waals surface area (Å²) in [5, 5.41) is 12.8. The number of aryl methyl sites for hydroxylation is 1. The van der Waals surface area contributed by atoms with E-state index in [9.17, 15) is 0 Å². The van der Waals surface area contributed by atoms with E-state index in [0.29, 0.717) is 18.6 Å². The molecule has 0 saturated heterocycles. The van der Waals surface area contributed by atoms with Crippen molar-refractivity contribution in [2.45, 2.75) is 45.2 Å². The Labute approximate surface area is 118 Å². The molecule has 0 spiro atoms. The van der Waals surface area contributed by atoms with Gasteiger partial charge in [-0.3, -0.25) is 0 Å². The smallest absolute Gasteiger partial charge is 0.0459 e. The molecular weight excluding hydrogens is 290 g/mol. The number of aliphatic hydroxyl groups excluding tert-OH is 1. The van der Waals surface area contributed by atoms with Crippen LogP contribution in [0.25, 0.3) is 0 Å². The van der Waals surface area contributed by atoms with Crippen molar-refractivity contribution in [1.82, 2.24) is 5.32 Å². The first-order valence-corrected chi connectivity index (χ1v) is 7.57. The minimum absolute atomic E-state index is 0.360. The topological polar surface area (TPSA) is 32.3 Å². The summed E-state index contributed by atoms with van der Waals surface area (Å²) in [6.07, 6.45) is 4.71. The van der Waals surface area contributed by atoms with Crippen LogP contribution < -0.4 is 5.32 Å². The van der Waals surface area contributed by atoms with E-state index < -0.39 is 0 Å². The van der Waals surface area contributed by atoms with E-state index in [-0.39, 0.29) is 0 Å². The van der Waals surface area contributed by atoms with Gasteiger partial charge < -0.3 is 10.4 Å². The second-order valence-corrected chi connectivity index (χ2v) is 6.27. The fraction of sp³-hybridized carbons (Fsp3) is 0.600. The van der Waals surface area contributed by atoms with Gasteiger partial charge in [0.25, 0.3) is 0 Å². The monoisotopic (exact) mass is 311 g/mol. The molecule has 0 bridgehead atoms. The Hall–Kier alpha value is -0.380. The zero-order valence-corrected chi connectivity index (χ0v) is 12.5. The van der Waals surface area contributed by atoms with Crippen LogP contribution in [0.4, 0.5) is 0 Å². The lowest BCUT2D eigenvalue weighted by molar-refractivity contribution is 0.175. The van der Waals surface area contributed by atoms with Crippen LogP contribution in [0.2, 0.25) is 0 Å². The zero-order chi connectivity index (χ0) is 13.0. The molecule has 0 atom stereocenters. The number of aliphatic hydroxyl groups is 1. The normalized spacial score (nSPS) is 24.2. The predicted octanol–water partition coefficient (Wildman–Crippen LogP) is 3.40. The Morgan fingerprint density at radius 2 is 2.00 bits per heavy atom. The average Bonchev–Trinajstić information content (AvgIpc) is 2.38. The highest BCUT2D eigenvalue weighted by atomic mass is 79.9. The highest BCUT2D eigenvalue weighted by Crippen LogP contribution is 2.24. The van der Waals surface area contributed by atoms with Crippen LogP contribution in [-0.4, -0.2) is 17.8 Å². The summed E-state index contributed by atoms with van der Waals surface area (Å²) in [5.41, 5.74) is 2.71. The quantitative estimate of drug-likeness (QED) is 0.893. The molecule has 1 aromatic rings. The van der Waals surface area contributed by atoms with Crippen molar-refractivity contribution in [2.24, 2.45) is 5.92 Å². The molecule has 1 aliphatic carbocycles. The molecule has 2 nitrogen and oxygen atoms in total. The second kappa shape index (κ2) is 6.69. The van der Waals surface area contributed by atoms with Gasteiger partial charge >= 0.3 is 0 Å². The molecule has 2 N–H and O–H groups in total. The molecule has 1 saturated carbocycles. The van der Waals surface area contributed by atoms with Crippen molar-refractivity contribution < 1.29 is 5.11 Å². The molecule has 0 aliphatic heterocycles. The lowest BCUT2D eigenvalue weighted by Crippen LogP contribution is -2.33. The van der Waals surface area contributed by atoms with Gasteiger partial charge in [0.2, 0.25) is 0 Å². The summed E-state index contributed by atoms with van der Waals surface area (Å²) in [6.45, 7) is 3.47. The molecule has 18 heavy (non-hydrogen) atoms. The van der Waals surface area contributed by atoms with Gasteiger partial charge in [0, 0.05) is 23.7 Å². The Kier molecular flexibility index (Phi) is 5.22. The highest BCUT2D eigenvalue weighted by molar-refractivity contribution is 9.10. The van der Waals surface area contributed by atoms with Crippen LogP contribution in [0.1, 0.15) is 36.8 Å². The predicted molar refractivity (Wildman–Crippen MR) is 78.6 cm³/mol. The summed E-state index contributed by atoms with van der Waals surface area (Å²) >= 11 is 3.49. The first kappa shape index (κ1) is 14.0. The molecule has 0 heterocycles. The van der Waals surface area contributed by atoms with Gasteiger partial charge in [-0.2, -0.15) is 0 Å². The third-order valence-corrected chi connectivity index (χ3v) is 4.48. The summed E-state index contributed by atoms with van der Waals surface area (Å²) in [7, 11) is 0. The lowest BCUT2D eigenvalue weighted by atomic mass is 9.86. The lowest BCUT2D eigenvalue weighted by Gasteiger charge is -2.28. The molecule has 1 aromatic carbocycles. The van der Waals surface area contributed by atoms with Crippen molar-refractivity contribution in [3.8, 4) is 0 Å². The Bertz CT molecular complexity index is 386. The van der Waals surface area contributed by atoms with Gasteiger partial charge in [-0.05, 0) is 61.8 Å². The molecular formula is C15H22BrNO. The fourth-order valence-corrected chi connectivity index (χ4v) is 3.14. The zero-order valence-electron chi connectivity index (χ0n) is 11.0. The van der Waals surface area contributed by atoms with Gasteiger partial charge in [0.05, 0.1) is 0 Å². The molecule has 1 fully saturated rings. The number of hydrogen-bond acceptors (Lipinski definition) is 2. The van der Waals surface area contributed by atoms with E-state index >= 15 is 0 Å². The first-order chi connectivity index (χ1) is 8.69. The van der Waals surface area contributed by atoms with Gasteiger partial charge in [-0.25, -0.2) is 0 Å². The van der Waals surface area contributed by atoms with E-state index in [1.807, 2.05) is 0 Å². The van der Waals surface area contributed by atoms with Crippen molar-refractivity contribution in [2.75, 3.05) is 6.61 Å². The van der Waals surface area contributed by atoms with E-state index in [1.54, 1.807) is 0 Å². The summed E-state index contributed by atoms with van der Waals surface area (Å²) in [4.78, 5) is 0. The molecule has 0 radical (unpaired) electrons. The maximum absolute atomic E-state index is 9.12. The largest absolute Gasteiger partial charge is 0.396 e. The number of benzene rings is 1. The van der Waals surface area contributed by atoms with Crippen LogP contribution >= 0.6 is 15.9 Å². The van der Waals surface area contributed by atoms with Gasteiger partial charge in [0.1, 0.15) is 0 Å². The third-order valence-electron chi connectivity index (χ3n) is 3.99. The van der Waals surface area contributed by atoms with Gasteiger partial charge in [-0.15, -0.1) is 0 Å². The number of nitrogens with one attached hydrogen (secondary N) is 1. The van der Waals surface area contributed by atoms with E-state index in [2.05, 4.69) is 46.4 Å². The van der Waals surface area contributed by atoms with E-state index in [4.69, 9.17) is 5.11 Å². The Balaban J connectivity index is 1.81. The standard InChI is InChI=1S/C15H22BrNO/c1-11-8-14(16)5-4-13(11)9-17-15-6-2-12(10-18)3-7-15/h4-5,8,12,15,17-18H,2-3,6-7,9-10H2,1H3. The first-order valence-electron chi connectivity index (χ1n) is 6.78. The number of halogens is 1. The van der Waals surface area contributed by atoms with Crippen LogP contribution in [-0.2, 0) is 6.54 Å². The number of rotatable bonds is 4. The average molecular weight is 312 g/mol.